The fraction of sp³-hybridized carbons (Fsp3) is 0.933. The first-order valence-electron chi connectivity index (χ1n) is 7.71. The van der Waals surface area contributed by atoms with Gasteiger partial charge in [-0.3, -0.25) is 4.79 Å². The standard InChI is InChI=1S/C15H28N2O2.ClH/c1-11(2)10-19-13-6-7-17(9-13)15(18)8-12-4-3-5-14(12)16;/h11-14H,3-10,16H2,1-2H3;1H/t12-,13?,14+;/m0./s1. The fourth-order valence-corrected chi connectivity index (χ4v) is 3.09. The maximum atomic E-state index is 12.2. The Bertz CT molecular complexity index is 312. The number of ether oxygens (including phenoxy) is 1. The summed E-state index contributed by atoms with van der Waals surface area (Å²) in [6.45, 7) is 6.72. The molecule has 1 aliphatic heterocycles. The summed E-state index contributed by atoms with van der Waals surface area (Å²) >= 11 is 0. The smallest absolute Gasteiger partial charge is 0.222 e. The molecule has 5 heteroatoms. The van der Waals surface area contributed by atoms with Gasteiger partial charge in [-0.25, -0.2) is 0 Å². The lowest BCUT2D eigenvalue weighted by Crippen LogP contribution is -2.34. The highest BCUT2D eigenvalue weighted by atomic mass is 35.5. The molecule has 1 heterocycles. The lowest BCUT2D eigenvalue weighted by Gasteiger charge is -2.21. The average molecular weight is 305 g/mol. The van der Waals surface area contributed by atoms with Crippen LogP contribution in [0.5, 0.6) is 0 Å². The van der Waals surface area contributed by atoms with Crippen LogP contribution in [0.15, 0.2) is 0 Å². The van der Waals surface area contributed by atoms with Crippen LogP contribution in [-0.4, -0.2) is 42.6 Å². The lowest BCUT2D eigenvalue weighted by atomic mass is 9.99. The highest BCUT2D eigenvalue weighted by Crippen LogP contribution is 2.28. The third-order valence-corrected chi connectivity index (χ3v) is 4.32. The van der Waals surface area contributed by atoms with Crippen molar-refractivity contribution in [2.45, 2.75) is 58.1 Å². The van der Waals surface area contributed by atoms with Crippen molar-refractivity contribution in [2.75, 3.05) is 19.7 Å². The zero-order valence-corrected chi connectivity index (χ0v) is 13.5. The maximum Gasteiger partial charge on any atom is 0.222 e. The number of amides is 1. The van der Waals surface area contributed by atoms with E-state index in [0.29, 0.717) is 18.3 Å². The summed E-state index contributed by atoms with van der Waals surface area (Å²) in [7, 11) is 0. The van der Waals surface area contributed by atoms with E-state index in [1.54, 1.807) is 0 Å². The van der Waals surface area contributed by atoms with Crippen molar-refractivity contribution >= 4 is 18.3 Å². The first-order chi connectivity index (χ1) is 9.06. The molecule has 2 N–H and O–H groups in total. The molecule has 0 radical (unpaired) electrons. The Labute approximate surface area is 128 Å². The van der Waals surface area contributed by atoms with Gasteiger partial charge in [0.05, 0.1) is 6.10 Å². The minimum Gasteiger partial charge on any atom is -0.376 e. The normalized spacial score (nSPS) is 29.8. The summed E-state index contributed by atoms with van der Waals surface area (Å²) in [5.74, 6) is 1.24. The zero-order chi connectivity index (χ0) is 13.8. The summed E-state index contributed by atoms with van der Waals surface area (Å²) in [5, 5.41) is 0. The summed E-state index contributed by atoms with van der Waals surface area (Å²) in [5.41, 5.74) is 6.04. The average Bonchev–Trinajstić information content (AvgIpc) is 2.97. The van der Waals surface area contributed by atoms with E-state index < -0.39 is 0 Å². The van der Waals surface area contributed by atoms with Crippen molar-refractivity contribution in [1.82, 2.24) is 4.90 Å². The molecular weight excluding hydrogens is 276 g/mol. The topological polar surface area (TPSA) is 55.6 Å². The molecular formula is C15H29ClN2O2. The van der Waals surface area contributed by atoms with Gasteiger partial charge in [0.2, 0.25) is 5.91 Å². The van der Waals surface area contributed by atoms with Crippen molar-refractivity contribution < 1.29 is 9.53 Å². The Hall–Kier alpha value is -0.320. The van der Waals surface area contributed by atoms with Gasteiger partial charge >= 0.3 is 0 Å². The molecule has 0 aromatic heterocycles. The van der Waals surface area contributed by atoms with Gasteiger partial charge in [-0.15, -0.1) is 12.4 Å². The Morgan fingerprint density at radius 1 is 1.35 bits per heavy atom. The molecule has 0 bridgehead atoms. The highest BCUT2D eigenvalue weighted by Gasteiger charge is 2.31. The van der Waals surface area contributed by atoms with Gasteiger partial charge in [0.25, 0.3) is 0 Å². The number of nitrogens with zero attached hydrogens (tertiary/aromatic N) is 1. The van der Waals surface area contributed by atoms with Crippen LogP contribution in [0.25, 0.3) is 0 Å². The van der Waals surface area contributed by atoms with Crippen LogP contribution < -0.4 is 5.73 Å². The number of carbonyl (C=O) groups excluding carboxylic acids is 1. The lowest BCUT2D eigenvalue weighted by molar-refractivity contribution is -0.131. The Morgan fingerprint density at radius 2 is 2.10 bits per heavy atom. The number of hydrogen-bond acceptors (Lipinski definition) is 3. The summed E-state index contributed by atoms with van der Waals surface area (Å²) in [6, 6.07) is 0.236. The molecule has 2 aliphatic rings. The molecule has 0 spiro atoms. The maximum absolute atomic E-state index is 12.2. The molecule has 4 nitrogen and oxygen atoms in total. The van der Waals surface area contributed by atoms with Crippen LogP contribution in [0.2, 0.25) is 0 Å². The van der Waals surface area contributed by atoms with E-state index >= 15 is 0 Å². The van der Waals surface area contributed by atoms with Gasteiger partial charge in [-0.2, -0.15) is 0 Å². The van der Waals surface area contributed by atoms with Crippen LogP contribution in [0.1, 0.15) is 46.0 Å². The molecule has 1 aliphatic carbocycles. The van der Waals surface area contributed by atoms with Gasteiger partial charge in [0.15, 0.2) is 0 Å². The van der Waals surface area contributed by atoms with E-state index in [0.717, 1.165) is 39.0 Å². The zero-order valence-electron chi connectivity index (χ0n) is 12.7. The van der Waals surface area contributed by atoms with E-state index in [2.05, 4.69) is 13.8 Å². The first kappa shape index (κ1) is 17.7. The van der Waals surface area contributed by atoms with Crippen molar-refractivity contribution in [3.05, 3.63) is 0 Å². The number of nitrogens with two attached hydrogens (primary N) is 1. The van der Waals surface area contributed by atoms with Gasteiger partial charge in [0.1, 0.15) is 0 Å². The van der Waals surface area contributed by atoms with Crippen LogP contribution in [0.4, 0.5) is 0 Å². The number of carbonyl (C=O) groups is 1. The molecule has 1 amide bonds. The first-order valence-corrected chi connectivity index (χ1v) is 7.71. The number of halogens is 1. The van der Waals surface area contributed by atoms with Gasteiger partial charge in [0, 0.05) is 32.2 Å². The van der Waals surface area contributed by atoms with Crippen molar-refractivity contribution in [1.29, 1.82) is 0 Å². The molecule has 1 unspecified atom stereocenters. The summed E-state index contributed by atoms with van der Waals surface area (Å²) in [6.07, 6.45) is 5.24. The van der Waals surface area contributed by atoms with E-state index in [1.807, 2.05) is 4.90 Å². The van der Waals surface area contributed by atoms with Crippen LogP contribution in [0, 0.1) is 11.8 Å². The number of likely N-dealkylation sites (tertiary alicyclic amines) is 1. The molecule has 2 fully saturated rings. The van der Waals surface area contributed by atoms with Crippen molar-refractivity contribution in [2.24, 2.45) is 17.6 Å². The largest absolute Gasteiger partial charge is 0.376 e. The Morgan fingerprint density at radius 3 is 2.70 bits per heavy atom. The van der Waals surface area contributed by atoms with E-state index in [9.17, 15) is 4.79 Å². The quantitative estimate of drug-likeness (QED) is 0.847. The van der Waals surface area contributed by atoms with E-state index in [-0.39, 0.29) is 30.5 Å². The third-order valence-electron chi connectivity index (χ3n) is 4.32. The molecule has 1 saturated heterocycles. The molecule has 1 saturated carbocycles. The predicted molar refractivity (Wildman–Crippen MR) is 83.0 cm³/mol. The number of rotatable bonds is 5. The van der Waals surface area contributed by atoms with Gasteiger partial charge in [-0.05, 0) is 31.1 Å². The summed E-state index contributed by atoms with van der Waals surface area (Å²) < 4.78 is 5.82. The molecule has 0 aromatic rings. The molecule has 20 heavy (non-hydrogen) atoms. The molecule has 0 aromatic carbocycles. The number of hydrogen-bond donors (Lipinski definition) is 1. The van der Waals surface area contributed by atoms with Crippen LogP contribution in [-0.2, 0) is 9.53 Å². The molecule has 2 rings (SSSR count). The highest BCUT2D eigenvalue weighted by molar-refractivity contribution is 5.85. The predicted octanol–water partition coefficient (Wildman–Crippen LogP) is 2.20. The second-order valence-corrected chi connectivity index (χ2v) is 6.54. The Kier molecular flexibility index (Phi) is 7.27. The van der Waals surface area contributed by atoms with Crippen LogP contribution in [0.3, 0.4) is 0 Å². The van der Waals surface area contributed by atoms with Gasteiger partial charge < -0.3 is 15.4 Å². The van der Waals surface area contributed by atoms with Crippen LogP contribution >= 0.6 is 12.4 Å². The third kappa shape index (κ3) is 4.90. The minimum atomic E-state index is 0. The molecule has 118 valence electrons. The second-order valence-electron chi connectivity index (χ2n) is 6.54. The second kappa shape index (κ2) is 8.20. The van der Waals surface area contributed by atoms with E-state index in [4.69, 9.17) is 10.5 Å². The minimum absolute atomic E-state index is 0. The monoisotopic (exact) mass is 304 g/mol. The van der Waals surface area contributed by atoms with Gasteiger partial charge in [-0.1, -0.05) is 20.3 Å². The van der Waals surface area contributed by atoms with E-state index in [1.165, 1.54) is 6.42 Å². The summed E-state index contributed by atoms with van der Waals surface area (Å²) in [4.78, 5) is 14.2. The van der Waals surface area contributed by atoms with Crippen molar-refractivity contribution in [3.8, 4) is 0 Å². The Balaban J connectivity index is 0.00000200. The fourth-order valence-electron chi connectivity index (χ4n) is 3.09. The van der Waals surface area contributed by atoms with Crippen molar-refractivity contribution in [3.63, 3.8) is 0 Å². The molecule has 3 atom stereocenters. The SMILES string of the molecule is CC(C)COC1CCN(C(=O)C[C@@H]2CCC[C@H]2N)C1.Cl.